The van der Waals surface area contributed by atoms with Gasteiger partial charge in [-0.25, -0.2) is 4.79 Å². The summed E-state index contributed by atoms with van der Waals surface area (Å²) in [5, 5.41) is 10.7. The highest BCUT2D eigenvalue weighted by Crippen LogP contribution is 2.46. The molecule has 10 heteroatoms. The zero-order chi connectivity index (χ0) is 15.1. The third-order valence-electron chi connectivity index (χ3n) is 2.29. The molecule has 0 spiro atoms. The second kappa shape index (κ2) is 4.69. The molecule has 1 rings (SSSR count). The van der Waals surface area contributed by atoms with Crippen LogP contribution in [0.1, 0.15) is 6.92 Å². The van der Waals surface area contributed by atoms with Gasteiger partial charge < -0.3 is 14.6 Å². The fourth-order valence-corrected chi connectivity index (χ4v) is 1.22. The van der Waals surface area contributed by atoms with Gasteiger partial charge in [0.25, 0.3) is 0 Å². The van der Waals surface area contributed by atoms with E-state index in [4.69, 9.17) is 5.11 Å². The smallest absolute Gasteiger partial charge is 0.436 e. The molecule has 1 aliphatic heterocycles. The Bertz CT molecular complexity index is 397. The Morgan fingerprint density at radius 3 is 2.47 bits per heavy atom. The second-order valence-corrected chi connectivity index (χ2v) is 3.82. The highest BCUT2D eigenvalue weighted by atomic mass is 19.4. The predicted molar refractivity (Wildman–Crippen MR) is 49.7 cm³/mol. The second-order valence-electron chi connectivity index (χ2n) is 3.82. The van der Waals surface area contributed by atoms with Crippen LogP contribution >= 0.6 is 0 Å². The Morgan fingerprint density at radius 1 is 1.53 bits per heavy atom. The Balaban J connectivity index is 3.04. The van der Waals surface area contributed by atoms with Crippen LogP contribution in [0.4, 0.5) is 22.0 Å². The summed E-state index contributed by atoms with van der Waals surface area (Å²) in [7, 11) is 0. The molecule has 2 atom stereocenters. The van der Waals surface area contributed by atoms with Crippen molar-refractivity contribution < 1.29 is 41.3 Å². The van der Waals surface area contributed by atoms with Crippen molar-refractivity contribution in [1.29, 1.82) is 0 Å². The van der Waals surface area contributed by atoms with E-state index in [0.29, 0.717) is 0 Å². The molecule has 0 aromatic carbocycles. The fourth-order valence-electron chi connectivity index (χ4n) is 1.22. The minimum atomic E-state index is -5.77. The Morgan fingerprint density at radius 2 is 2.05 bits per heavy atom. The largest absolute Gasteiger partial charge is 0.449 e. The molecule has 19 heavy (non-hydrogen) atoms. The predicted octanol–water partition coefficient (Wildman–Crippen LogP) is 0.895. The van der Waals surface area contributed by atoms with Gasteiger partial charge >= 0.3 is 23.9 Å². The molecule has 110 valence electrons. The van der Waals surface area contributed by atoms with Gasteiger partial charge in [0.1, 0.15) is 6.73 Å². The Kier molecular flexibility index (Phi) is 3.90. The number of hydrogen-bond donors (Lipinski definition) is 2. The highest BCUT2D eigenvalue weighted by molar-refractivity contribution is 5.87. The quantitative estimate of drug-likeness (QED) is 0.449. The number of alkyl halides is 5. The van der Waals surface area contributed by atoms with Crippen molar-refractivity contribution in [3.05, 3.63) is 12.2 Å². The molecule has 0 aromatic rings. The van der Waals surface area contributed by atoms with Crippen LogP contribution in [0.2, 0.25) is 0 Å². The number of aliphatic hydroxyl groups is 1. The minimum Gasteiger partial charge on any atom is -0.436 e. The van der Waals surface area contributed by atoms with Crippen LogP contribution in [0.3, 0.4) is 0 Å². The lowest BCUT2D eigenvalue weighted by Gasteiger charge is -2.43. The van der Waals surface area contributed by atoms with Crippen LogP contribution < -0.4 is 5.32 Å². The molecule has 0 aromatic heterocycles. The molecule has 1 saturated heterocycles. The first-order valence-electron chi connectivity index (χ1n) is 4.84. The molecule has 0 saturated carbocycles. The van der Waals surface area contributed by atoms with E-state index in [2.05, 4.69) is 16.1 Å². The Labute approximate surface area is 104 Å². The maximum atomic E-state index is 13.6. The van der Waals surface area contributed by atoms with Crippen LogP contribution in [-0.2, 0) is 14.3 Å². The molecule has 0 amide bonds. The number of rotatable bonds is 2. The summed E-state index contributed by atoms with van der Waals surface area (Å²) >= 11 is 0. The summed E-state index contributed by atoms with van der Waals surface area (Å²) < 4.78 is 72.3. The van der Waals surface area contributed by atoms with Gasteiger partial charge in [0, 0.05) is 5.57 Å². The first-order chi connectivity index (χ1) is 8.43. The molecule has 5 nitrogen and oxygen atoms in total. The lowest BCUT2D eigenvalue weighted by atomic mass is 10.1. The van der Waals surface area contributed by atoms with Gasteiger partial charge in [0.15, 0.2) is 0 Å². The number of hydrogen-bond acceptors (Lipinski definition) is 5. The van der Waals surface area contributed by atoms with E-state index >= 15 is 0 Å². The molecule has 0 bridgehead atoms. The van der Waals surface area contributed by atoms with Gasteiger partial charge in [0.2, 0.25) is 6.23 Å². The fraction of sp³-hybridized carbons (Fsp3) is 0.667. The summed E-state index contributed by atoms with van der Waals surface area (Å²) in [5.41, 5.74) is -0.292. The first-order valence-corrected chi connectivity index (χ1v) is 4.84. The van der Waals surface area contributed by atoms with Crippen molar-refractivity contribution in [3.8, 4) is 0 Å². The first kappa shape index (κ1) is 15.8. The minimum absolute atomic E-state index is 0.292. The van der Waals surface area contributed by atoms with Crippen LogP contribution in [0.15, 0.2) is 12.2 Å². The summed E-state index contributed by atoms with van der Waals surface area (Å²) in [6, 6.07) is 0. The normalized spacial score (nSPS) is 30.8. The molecule has 1 heterocycles. The molecular weight excluding hydrogens is 281 g/mol. The van der Waals surface area contributed by atoms with Crippen molar-refractivity contribution in [3.63, 3.8) is 0 Å². The number of carbonyl (C=O) groups is 1. The van der Waals surface area contributed by atoms with E-state index in [1.807, 2.05) is 0 Å². The van der Waals surface area contributed by atoms with Gasteiger partial charge in [-0.1, -0.05) is 6.58 Å². The summed E-state index contributed by atoms with van der Waals surface area (Å²) in [4.78, 5) is 11.1. The van der Waals surface area contributed by atoms with E-state index in [1.165, 1.54) is 0 Å². The average molecular weight is 291 g/mol. The van der Waals surface area contributed by atoms with Crippen LogP contribution in [0.25, 0.3) is 0 Å². The van der Waals surface area contributed by atoms with Crippen molar-refractivity contribution in [2.24, 2.45) is 0 Å². The van der Waals surface area contributed by atoms with E-state index in [9.17, 15) is 26.7 Å². The summed E-state index contributed by atoms with van der Waals surface area (Å²) in [5.74, 6) is -11.0. The molecule has 2 N–H and O–H groups in total. The highest BCUT2D eigenvalue weighted by Gasteiger charge is 2.76. The molecule has 0 radical (unpaired) electrons. The van der Waals surface area contributed by atoms with Crippen molar-refractivity contribution in [1.82, 2.24) is 5.32 Å². The molecule has 2 unspecified atom stereocenters. The molecule has 0 aliphatic carbocycles. The zero-order valence-corrected chi connectivity index (χ0v) is 9.55. The van der Waals surface area contributed by atoms with Gasteiger partial charge in [-0.05, 0) is 6.92 Å². The van der Waals surface area contributed by atoms with E-state index in [-0.39, 0.29) is 5.57 Å². The number of ether oxygens (including phenoxy) is 2. The number of carbonyl (C=O) groups excluding carboxylic acids is 1. The maximum Gasteiger partial charge on any atom is 0.449 e. The van der Waals surface area contributed by atoms with E-state index < -0.39 is 36.8 Å². The SMILES string of the molecule is C=C(C)C(=O)OC1NCOC(O)(C(F)(F)F)C1(F)F. The zero-order valence-electron chi connectivity index (χ0n) is 9.55. The lowest BCUT2D eigenvalue weighted by Crippen LogP contribution is -2.72. The van der Waals surface area contributed by atoms with Crippen LogP contribution in [-0.4, -0.2) is 41.9 Å². The average Bonchev–Trinajstić information content (AvgIpc) is 2.23. The Hall–Kier alpha value is -1.26. The summed E-state index contributed by atoms with van der Waals surface area (Å²) in [6.45, 7) is 3.13. The lowest BCUT2D eigenvalue weighted by molar-refractivity contribution is -0.460. The van der Waals surface area contributed by atoms with Crippen molar-refractivity contribution in [2.75, 3.05) is 6.73 Å². The van der Waals surface area contributed by atoms with Crippen molar-refractivity contribution >= 4 is 5.97 Å². The van der Waals surface area contributed by atoms with Gasteiger partial charge in [-0.2, -0.15) is 22.0 Å². The summed E-state index contributed by atoms with van der Waals surface area (Å²) in [6.07, 6.45) is -8.47. The molecule has 1 fully saturated rings. The van der Waals surface area contributed by atoms with Crippen LogP contribution in [0, 0.1) is 0 Å². The number of nitrogens with one attached hydrogen (secondary N) is 1. The topological polar surface area (TPSA) is 67.8 Å². The third kappa shape index (κ3) is 2.55. The van der Waals surface area contributed by atoms with Gasteiger partial charge in [-0.3, -0.25) is 5.32 Å². The van der Waals surface area contributed by atoms with Gasteiger partial charge in [-0.15, -0.1) is 0 Å². The van der Waals surface area contributed by atoms with Crippen molar-refractivity contribution in [2.45, 2.75) is 31.0 Å². The van der Waals surface area contributed by atoms with Crippen LogP contribution in [0.5, 0.6) is 0 Å². The maximum absolute atomic E-state index is 13.6. The third-order valence-corrected chi connectivity index (χ3v) is 2.29. The van der Waals surface area contributed by atoms with Gasteiger partial charge in [0.05, 0.1) is 0 Å². The monoisotopic (exact) mass is 291 g/mol. The number of halogens is 5. The van der Waals surface area contributed by atoms with E-state index in [0.717, 1.165) is 6.92 Å². The molecular formula is C9H10F5NO4. The molecule has 1 aliphatic rings. The number of esters is 1. The standard InChI is InChI=1S/C9H10F5NO4/c1-4(2)5(16)19-6-7(10,11)8(17,9(12,13)14)18-3-15-6/h6,15,17H,1,3H2,2H3. The van der Waals surface area contributed by atoms with E-state index in [1.54, 1.807) is 5.32 Å².